The molecule has 2 aromatic heterocycles. The molecule has 2 aromatic carbocycles. The number of para-hydroxylation sites is 1. The molecule has 8 nitrogen and oxygen atoms in total. The topological polar surface area (TPSA) is 95.1 Å². The quantitative estimate of drug-likeness (QED) is 0.488. The lowest BCUT2D eigenvalue weighted by atomic mass is 10.1. The number of amides is 1. The number of carbonyl (C=O) groups is 1. The summed E-state index contributed by atoms with van der Waals surface area (Å²) < 4.78 is 50.5. The van der Waals surface area contributed by atoms with E-state index in [9.17, 15) is 18.0 Å². The predicted molar refractivity (Wildman–Crippen MR) is 108 cm³/mol. The summed E-state index contributed by atoms with van der Waals surface area (Å²) in [5.41, 5.74) is 0.103. The van der Waals surface area contributed by atoms with Gasteiger partial charge >= 0.3 is 6.18 Å². The number of anilines is 1. The minimum Gasteiger partial charge on any atom is -0.493 e. The van der Waals surface area contributed by atoms with E-state index in [1.165, 1.54) is 25.4 Å². The second-order valence-corrected chi connectivity index (χ2v) is 6.68. The van der Waals surface area contributed by atoms with Gasteiger partial charge in [-0.2, -0.15) is 23.3 Å². The first kappa shape index (κ1) is 21.1. The first-order valence-electron chi connectivity index (χ1n) is 9.28. The molecule has 1 N–H and O–H groups in total. The zero-order chi connectivity index (χ0) is 22.9. The fourth-order valence-corrected chi connectivity index (χ4v) is 3.00. The Hall–Kier alpha value is -4.15. The number of nitrogens with zero attached hydrogens (tertiary/aromatic N) is 4. The summed E-state index contributed by atoms with van der Waals surface area (Å²) in [5.74, 6) is 0.121. The van der Waals surface area contributed by atoms with Gasteiger partial charge in [0.05, 0.1) is 30.2 Å². The number of halogens is 3. The molecule has 1 amide bonds. The van der Waals surface area contributed by atoms with Gasteiger partial charge in [-0.1, -0.05) is 23.4 Å². The Morgan fingerprint density at radius 2 is 1.94 bits per heavy atom. The van der Waals surface area contributed by atoms with E-state index in [2.05, 4.69) is 20.6 Å². The Kier molecular flexibility index (Phi) is 5.39. The van der Waals surface area contributed by atoms with Gasteiger partial charge in [0.15, 0.2) is 11.4 Å². The van der Waals surface area contributed by atoms with Crippen molar-refractivity contribution in [2.75, 3.05) is 12.4 Å². The lowest BCUT2D eigenvalue weighted by Crippen LogP contribution is -2.15. The molecule has 0 bridgehead atoms. The van der Waals surface area contributed by atoms with Crippen molar-refractivity contribution in [1.82, 2.24) is 19.9 Å². The Bertz CT molecular complexity index is 1280. The fourth-order valence-electron chi connectivity index (χ4n) is 3.00. The fraction of sp³-hybridized carbons (Fsp3) is 0.143. The molecule has 0 spiro atoms. The average Bonchev–Trinajstić information content (AvgIpc) is 3.40. The van der Waals surface area contributed by atoms with Crippen LogP contribution in [0.3, 0.4) is 0 Å². The van der Waals surface area contributed by atoms with Crippen molar-refractivity contribution < 1.29 is 27.2 Å². The highest BCUT2D eigenvalue weighted by Gasteiger charge is 2.31. The van der Waals surface area contributed by atoms with Crippen LogP contribution in [0.25, 0.3) is 17.1 Å². The van der Waals surface area contributed by atoms with E-state index in [-0.39, 0.29) is 17.1 Å². The van der Waals surface area contributed by atoms with Crippen molar-refractivity contribution in [3.63, 3.8) is 0 Å². The molecule has 0 aliphatic carbocycles. The lowest BCUT2D eigenvalue weighted by Gasteiger charge is -2.09. The van der Waals surface area contributed by atoms with E-state index in [1.54, 1.807) is 31.2 Å². The van der Waals surface area contributed by atoms with Crippen LogP contribution in [0.1, 0.15) is 21.9 Å². The van der Waals surface area contributed by atoms with Crippen LogP contribution in [-0.4, -0.2) is 32.9 Å². The number of nitrogens with one attached hydrogen (secondary N) is 1. The first-order chi connectivity index (χ1) is 15.3. The maximum Gasteiger partial charge on any atom is 0.416 e. The van der Waals surface area contributed by atoms with Crippen LogP contribution in [0, 0.1) is 6.92 Å². The van der Waals surface area contributed by atoms with Crippen LogP contribution in [0.4, 0.5) is 18.9 Å². The maximum absolute atomic E-state index is 13.0. The smallest absolute Gasteiger partial charge is 0.416 e. The standard InChI is InChI=1S/C21H16F3N5O3/c1-12-25-19(28-32-12)15-8-3-4-9-16(15)26-20(30)18-17(31-2)11-29(27-18)14-7-5-6-13(10-14)21(22,23)24/h3-11H,1-2H3,(H,26,30). The van der Waals surface area contributed by atoms with Crippen LogP contribution in [0.15, 0.2) is 59.3 Å². The van der Waals surface area contributed by atoms with Gasteiger partial charge < -0.3 is 14.6 Å². The van der Waals surface area contributed by atoms with Crippen molar-refractivity contribution in [2.24, 2.45) is 0 Å². The number of carbonyl (C=O) groups excluding carboxylic acids is 1. The number of alkyl halides is 3. The van der Waals surface area contributed by atoms with Gasteiger partial charge in [-0.3, -0.25) is 4.79 Å². The molecule has 32 heavy (non-hydrogen) atoms. The minimum absolute atomic E-state index is 0.0906. The molecule has 11 heteroatoms. The monoisotopic (exact) mass is 443 g/mol. The number of methoxy groups -OCH3 is 1. The van der Waals surface area contributed by atoms with Gasteiger partial charge in [0, 0.05) is 12.5 Å². The summed E-state index contributed by atoms with van der Waals surface area (Å²) >= 11 is 0. The Labute approximate surface area is 179 Å². The van der Waals surface area contributed by atoms with Gasteiger partial charge in [0.2, 0.25) is 11.7 Å². The second-order valence-electron chi connectivity index (χ2n) is 6.68. The van der Waals surface area contributed by atoms with Gasteiger partial charge in [0.1, 0.15) is 0 Å². The molecule has 164 valence electrons. The Morgan fingerprint density at radius 1 is 1.16 bits per heavy atom. The SMILES string of the molecule is COc1cn(-c2cccc(C(F)(F)F)c2)nc1C(=O)Nc1ccccc1-c1noc(C)n1. The van der Waals surface area contributed by atoms with Crippen LogP contribution >= 0.6 is 0 Å². The van der Waals surface area contributed by atoms with Crippen molar-refractivity contribution in [3.05, 3.63) is 71.9 Å². The normalized spacial score (nSPS) is 11.4. The molecule has 0 saturated carbocycles. The predicted octanol–water partition coefficient (Wildman–Crippen LogP) is 4.51. The molecule has 0 fully saturated rings. The van der Waals surface area contributed by atoms with E-state index in [4.69, 9.17) is 9.26 Å². The van der Waals surface area contributed by atoms with Crippen molar-refractivity contribution in [2.45, 2.75) is 13.1 Å². The number of aromatic nitrogens is 4. The lowest BCUT2D eigenvalue weighted by molar-refractivity contribution is -0.137. The average molecular weight is 443 g/mol. The molecule has 0 saturated heterocycles. The number of aryl methyl sites for hydroxylation is 1. The van der Waals surface area contributed by atoms with Gasteiger partial charge in [0.25, 0.3) is 5.91 Å². The molecule has 2 heterocycles. The number of hydrogen-bond acceptors (Lipinski definition) is 6. The number of benzene rings is 2. The first-order valence-corrected chi connectivity index (χ1v) is 9.28. The van der Waals surface area contributed by atoms with Gasteiger partial charge in [-0.05, 0) is 30.3 Å². The Morgan fingerprint density at radius 3 is 2.62 bits per heavy atom. The van der Waals surface area contributed by atoms with Crippen molar-refractivity contribution >= 4 is 11.6 Å². The summed E-state index contributed by atoms with van der Waals surface area (Å²) in [7, 11) is 1.33. The molecule has 0 atom stereocenters. The van der Waals surface area contributed by atoms with E-state index < -0.39 is 17.6 Å². The van der Waals surface area contributed by atoms with Crippen LogP contribution in [0.2, 0.25) is 0 Å². The number of rotatable bonds is 5. The molecule has 0 aliphatic rings. The summed E-state index contributed by atoms with van der Waals surface area (Å²) in [4.78, 5) is 17.1. The molecule has 4 aromatic rings. The summed E-state index contributed by atoms with van der Waals surface area (Å²) in [6, 6.07) is 11.4. The maximum atomic E-state index is 13.0. The van der Waals surface area contributed by atoms with E-state index in [0.29, 0.717) is 23.0 Å². The summed E-state index contributed by atoms with van der Waals surface area (Å²) in [5, 5.41) is 10.7. The van der Waals surface area contributed by atoms with Crippen LogP contribution in [-0.2, 0) is 6.18 Å². The molecule has 4 rings (SSSR count). The summed E-state index contributed by atoms with van der Waals surface area (Å²) in [6.45, 7) is 1.64. The van der Waals surface area contributed by atoms with E-state index in [0.717, 1.165) is 16.8 Å². The zero-order valence-corrected chi connectivity index (χ0v) is 16.8. The molecule has 0 aliphatic heterocycles. The molecular formula is C21H16F3N5O3. The van der Waals surface area contributed by atoms with E-state index in [1.807, 2.05) is 0 Å². The van der Waals surface area contributed by atoms with Gasteiger partial charge in [-0.25, -0.2) is 4.68 Å². The zero-order valence-electron chi connectivity index (χ0n) is 16.8. The minimum atomic E-state index is -4.51. The van der Waals surface area contributed by atoms with Crippen LogP contribution in [0.5, 0.6) is 5.75 Å². The highest BCUT2D eigenvalue weighted by molar-refractivity contribution is 6.06. The third-order valence-electron chi connectivity index (χ3n) is 4.50. The largest absolute Gasteiger partial charge is 0.493 e. The van der Waals surface area contributed by atoms with Gasteiger partial charge in [-0.15, -0.1) is 0 Å². The molecule has 0 radical (unpaired) electrons. The van der Waals surface area contributed by atoms with E-state index >= 15 is 0 Å². The molecular weight excluding hydrogens is 427 g/mol. The Balaban J connectivity index is 1.66. The van der Waals surface area contributed by atoms with Crippen molar-refractivity contribution in [3.8, 4) is 22.8 Å². The highest BCUT2D eigenvalue weighted by atomic mass is 19.4. The van der Waals surface area contributed by atoms with Crippen LogP contribution < -0.4 is 10.1 Å². The third-order valence-corrected chi connectivity index (χ3v) is 4.50. The number of hydrogen-bond donors (Lipinski definition) is 1. The number of ether oxygens (including phenoxy) is 1. The highest BCUT2D eigenvalue weighted by Crippen LogP contribution is 2.31. The third kappa shape index (κ3) is 4.17. The molecule has 0 unspecified atom stereocenters. The van der Waals surface area contributed by atoms with Crippen molar-refractivity contribution in [1.29, 1.82) is 0 Å². The summed E-state index contributed by atoms with van der Waals surface area (Å²) in [6.07, 6.45) is -3.18. The second kappa shape index (κ2) is 8.17.